The second-order valence-corrected chi connectivity index (χ2v) is 7.72. The van der Waals surface area contributed by atoms with Gasteiger partial charge in [0.2, 0.25) is 11.7 Å². The van der Waals surface area contributed by atoms with Crippen LogP contribution >= 0.6 is 11.6 Å². The zero-order valence-corrected chi connectivity index (χ0v) is 19.0. The Bertz CT molecular complexity index is 1340. The molecule has 0 unspecified atom stereocenters. The molecule has 4 rings (SSSR count). The van der Waals surface area contributed by atoms with E-state index >= 15 is 0 Å². The highest BCUT2D eigenvalue weighted by atomic mass is 35.5. The first-order valence-electron chi connectivity index (χ1n) is 10.1. The van der Waals surface area contributed by atoms with Crippen molar-refractivity contribution in [1.82, 2.24) is 5.16 Å². The van der Waals surface area contributed by atoms with Gasteiger partial charge in [0, 0.05) is 41.1 Å². The number of nitrogens with zero attached hydrogens (tertiary/aromatic N) is 1. The molecule has 2 heterocycles. The number of rotatable bonds is 8. The lowest BCUT2D eigenvalue weighted by atomic mass is 10.0. The summed E-state index contributed by atoms with van der Waals surface area (Å²) in [5.41, 5.74) is 2.23. The molecule has 0 radical (unpaired) electrons. The predicted molar refractivity (Wildman–Crippen MR) is 122 cm³/mol. The molecule has 0 spiro atoms. The molecule has 0 saturated heterocycles. The minimum absolute atomic E-state index is 0.190. The average Bonchev–Trinajstić information content (AvgIpc) is 3.39. The van der Waals surface area contributed by atoms with Crippen LogP contribution in [-0.4, -0.2) is 31.1 Å². The second-order valence-electron chi connectivity index (χ2n) is 7.33. The van der Waals surface area contributed by atoms with Crippen molar-refractivity contribution in [3.05, 3.63) is 70.3 Å². The molecular formula is C24H21ClN2O6. The molecule has 0 bridgehead atoms. The van der Waals surface area contributed by atoms with Gasteiger partial charge in [-0.15, -0.1) is 0 Å². The Morgan fingerprint density at radius 2 is 1.85 bits per heavy atom. The van der Waals surface area contributed by atoms with Crippen LogP contribution in [0.5, 0.6) is 11.5 Å². The molecule has 0 atom stereocenters. The van der Waals surface area contributed by atoms with E-state index in [-0.39, 0.29) is 29.0 Å². The third-order valence-electron chi connectivity index (χ3n) is 5.20. The van der Waals surface area contributed by atoms with Gasteiger partial charge in [-0.2, -0.15) is 0 Å². The van der Waals surface area contributed by atoms with E-state index in [0.29, 0.717) is 46.1 Å². The maximum atomic E-state index is 13.1. The van der Waals surface area contributed by atoms with Gasteiger partial charge >= 0.3 is 0 Å². The van der Waals surface area contributed by atoms with E-state index in [1.54, 1.807) is 49.4 Å². The molecule has 0 aliphatic carbocycles. The number of carbonyl (C=O) groups excluding carboxylic acids is 2. The lowest BCUT2D eigenvalue weighted by Crippen LogP contribution is -2.12. The van der Waals surface area contributed by atoms with Crippen LogP contribution in [0.25, 0.3) is 11.0 Å². The molecule has 33 heavy (non-hydrogen) atoms. The molecule has 8 nitrogen and oxygen atoms in total. The number of fused-ring (bicyclic) bond motifs is 1. The normalized spacial score (nSPS) is 10.9. The van der Waals surface area contributed by atoms with Crippen molar-refractivity contribution in [3.63, 3.8) is 0 Å². The molecular weight excluding hydrogens is 448 g/mol. The summed E-state index contributed by atoms with van der Waals surface area (Å²) in [7, 11) is 3.04. The van der Waals surface area contributed by atoms with E-state index in [2.05, 4.69) is 10.5 Å². The van der Waals surface area contributed by atoms with Crippen LogP contribution in [-0.2, 0) is 11.2 Å². The van der Waals surface area contributed by atoms with Crippen LogP contribution < -0.4 is 14.8 Å². The largest absolute Gasteiger partial charge is 0.493 e. The maximum absolute atomic E-state index is 13.1. The number of hydrogen-bond acceptors (Lipinski definition) is 7. The zero-order valence-electron chi connectivity index (χ0n) is 18.2. The first-order chi connectivity index (χ1) is 15.9. The zero-order chi connectivity index (χ0) is 23.5. The van der Waals surface area contributed by atoms with Gasteiger partial charge < -0.3 is 23.7 Å². The molecule has 0 fully saturated rings. The maximum Gasteiger partial charge on any atom is 0.228 e. The van der Waals surface area contributed by atoms with Gasteiger partial charge in [-0.3, -0.25) is 9.59 Å². The SMILES string of the molecule is COc1ccc(C(=O)c2oc3ccc(NC(=O)CCc4cc(Cl)no4)cc3c2C)cc1OC. The number of ketones is 1. The summed E-state index contributed by atoms with van der Waals surface area (Å²) in [6, 6.07) is 11.7. The van der Waals surface area contributed by atoms with E-state index in [9.17, 15) is 9.59 Å². The first-order valence-corrected chi connectivity index (χ1v) is 10.5. The average molecular weight is 469 g/mol. The van der Waals surface area contributed by atoms with E-state index in [4.69, 9.17) is 30.0 Å². The molecule has 170 valence electrons. The topological polar surface area (TPSA) is 104 Å². The van der Waals surface area contributed by atoms with Crippen LogP contribution in [0.4, 0.5) is 5.69 Å². The number of furan rings is 1. The fourth-order valence-corrected chi connectivity index (χ4v) is 3.65. The summed E-state index contributed by atoms with van der Waals surface area (Å²) in [6.07, 6.45) is 0.583. The smallest absolute Gasteiger partial charge is 0.228 e. The Hall–Kier alpha value is -3.78. The molecule has 9 heteroatoms. The Morgan fingerprint density at radius 1 is 1.06 bits per heavy atom. The highest BCUT2D eigenvalue weighted by molar-refractivity contribution is 6.29. The van der Waals surface area contributed by atoms with Gasteiger partial charge in [0.1, 0.15) is 11.3 Å². The lowest BCUT2D eigenvalue weighted by Gasteiger charge is -2.08. The highest BCUT2D eigenvalue weighted by Gasteiger charge is 2.21. The van der Waals surface area contributed by atoms with Gasteiger partial charge in [0.15, 0.2) is 22.4 Å². The number of methoxy groups -OCH3 is 2. The Labute approximate surface area is 194 Å². The number of aryl methyl sites for hydroxylation is 2. The van der Waals surface area contributed by atoms with Crippen LogP contribution in [0, 0.1) is 6.92 Å². The van der Waals surface area contributed by atoms with Crippen molar-refractivity contribution in [1.29, 1.82) is 0 Å². The Balaban J connectivity index is 1.53. The summed E-state index contributed by atoms with van der Waals surface area (Å²) >= 11 is 5.72. The molecule has 2 aromatic carbocycles. The number of hydrogen-bond donors (Lipinski definition) is 1. The van der Waals surface area contributed by atoms with Crippen LogP contribution in [0.3, 0.4) is 0 Å². The summed E-state index contributed by atoms with van der Waals surface area (Å²) in [5.74, 6) is 1.28. The van der Waals surface area contributed by atoms with Crippen molar-refractivity contribution < 1.29 is 28.0 Å². The van der Waals surface area contributed by atoms with E-state index < -0.39 is 0 Å². The number of aromatic nitrogens is 1. The molecule has 2 aromatic heterocycles. The van der Waals surface area contributed by atoms with E-state index in [1.807, 2.05) is 0 Å². The van der Waals surface area contributed by atoms with Gasteiger partial charge in [-0.05, 0) is 43.3 Å². The van der Waals surface area contributed by atoms with Gasteiger partial charge in [0.05, 0.1) is 14.2 Å². The number of carbonyl (C=O) groups is 2. The number of halogens is 1. The third-order valence-corrected chi connectivity index (χ3v) is 5.38. The monoisotopic (exact) mass is 468 g/mol. The third kappa shape index (κ3) is 4.70. The molecule has 1 amide bonds. The lowest BCUT2D eigenvalue weighted by molar-refractivity contribution is -0.116. The van der Waals surface area contributed by atoms with Crippen molar-refractivity contribution in [2.45, 2.75) is 19.8 Å². The van der Waals surface area contributed by atoms with Gasteiger partial charge in [0.25, 0.3) is 0 Å². The molecule has 0 aliphatic heterocycles. The summed E-state index contributed by atoms with van der Waals surface area (Å²) in [4.78, 5) is 25.4. The fourth-order valence-electron chi connectivity index (χ4n) is 3.49. The first kappa shape index (κ1) is 22.4. The van der Waals surface area contributed by atoms with Gasteiger partial charge in [-0.1, -0.05) is 16.8 Å². The molecule has 1 N–H and O–H groups in total. The number of amides is 1. The number of nitrogens with one attached hydrogen (secondary N) is 1. The van der Waals surface area contributed by atoms with E-state index in [1.165, 1.54) is 14.2 Å². The van der Waals surface area contributed by atoms with Crippen LogP contribution in [0.1, 0.15) is 33.9 Å². The number of anilines is 1. The predicted octanol–water partition coefficient (Wildman–Crippen LogP) is 5.20. The van der Waals surface area contributed by atoms with E-state index in [0.717, 1.165) is 5.39 Å². The second kappa shape index (κ2) is 9.38. The Kier molecular flexibility index (Phi) is 6.37. The van der Waals surface area contributed by atoms with Crippen molar-refractivity contribution >= 4 is 39.9 Å². The quantitative estimate of drug-likeness (QED) is 0.354. The fraction of sp³-hybridized carbons (Fsp3) is 0.208. The van der Waals surface area contributed by atoms with Crippen LogP contribution in [0.15, 0.2) is 51.4 Å². The Morgan fingerprint density at radius 3 is 2.55 bits per heavy atom. The minimum atomic E-state index is -0.277. The summed E-state index contributed by atoms with van der Waals surface area (Å²) in [6.45, 7) is 1.80. The minimum Gasteiger partial charge on any atom is -0.493 e. The molecule has 4 aromatic rings. The molecule has 0 aliphatic rings. The molecule has 0 saturated carbocycles. The van der Waals surface area contributed by atoms with Crippen molar-refractivity contribution in [2.75, 3.05) is 19.5 Å². The highest BCUT2D eigenvalue weighted by Crippen LogP contribution is 2.32. The van der Waals surface area contributed by atoms with Gasteiger partial charge in [-0.25, -0.2) is 0 Å². The van der Waals surface area contributed by atoms with Crippen molar-refractivity contribution in [3.8, 4) is 11.5 Å². The number of benzene rings is 2. The summed E-state index contributed by atoms with van der Waals surface area (Å²) in [5, 5.41) is 7.42. The van der Waals surface area contributed by atoms with Crippen molar-refractivity contribution in [2.24, 2.45) is 0 Å². The standard InChI is InChI=1S/C24H21ClN2O6/c1-13-17-11-15(26-22(28)9-6-16-12-21(25)27-33-16)5-8-18(17)32-24(13)23(29)14-4-7-19(30-2)20(10-14)31-3/h4-5,7-8,10-12H,6,9H2,1-3H3,(H,26,28). The summed E-state index contributed by atoms with van der Waals surface area (Å²) < 4.78 is 21.4. The van der Waals surface area contributed by atoms with Crippen LogP contribution in [0.2, 0.25) is 5.15 Å². The number of ether oxygens (including phenoxy) is 2.